The second kappa shape index (κ2) is 7.16. The Morgan fingerprint density at radius 1 is 1.12 bits per heavy atom. The minimum atomic E-state index is -0.229. The van der Waals surface area contributed by atoms with Gasteiger partial charge in [-0.05, 0) is 42.0 Å². The molecule has 0 aliphatic heterocycles. The summed E-state index contributed by atoms with van der Waals surface area (Å²) >= 11 is 0. The van der Waals surface area contributed by atoms with Gasteiger partial charge in [-0.25, -0.2) is 0 Å². The van der Waals surface area contributed by atoms with Gasteiger partial charge < -0.3 is 5.32 Å². The molecule has 0 unspecified atom stereocenters. The number of nitrogens with zero attached hydrogens (tertiary/aromatic N) is 3. The van der Waals surface area contributed by atoms with Crippen molar-refractivity contribution in [3.8, 4) is 17.3 Å². The minimum absolute atomic E-state index is 0.229. The molecule has 0 spiro atoms. The average molecular weight is 314 g/mol. The molecule has 0 saturated carbocycles. The lowest BCUT2D eigenvalue weighted by atomic mass is 10.1. The first-order chi connectivity index (χ1) is 11.8. The van der Waals surface area contributed by atoms with Crippen molar-refractivity contribution in [2.75, 3.05) is 0 Å². The number of carbonyl (C=O) groups is 1. The van der Waals surface area contributed by atoms with Crippen molar-refractivity contribution in [1.82, 2.24) is 15.3 Å². The SMILES string of the molecule is N#Cc1cccc(C(=O)NCc2cccnc2-c2cccnc2)c1. The topological polar surface area (TPSA) is 78.7 Å². The monoisotopic (exact) mass is 314 g/mol. The Hall–Kier alpha value is -3.52. The maximum atomic E-state index is 12.3. The van der Waals surface area contributed by atoms with E-state index in [1.54, 1.807) is 42.9 Å². The maximum absolute atomic E-state index is 12.3. The average Bonchev–Trinajstić information content (AvgIpc) is 2.67. The van der Waals surface area contributed by atoms with E-state index < -0.39 is 0 Å². The summed E-state index contributed by atoms with van der Waals surface area (Å²) in [6.07, 6.45) is 5.16. The second-order valence-corrected chi connectivity index (χ2v) is 5.13. The normalized spacial score (nSPS) is 9.96. The van der Waals surface area contributed by atoms with E-state index in [1.807, 2.05) is 30.3 Å². The molecule has 1 amide bonds. The molecule has 0 saturated heterocycles. The molecule has 0 bridgehead atoms. The zero-order valence-corrected chi connectivity index (χ0v) is 12.8. The number of hydrogen-bond acceptors (Lipinski definition) is 4. The third-order valence-corrected chi connectivity index (χ3v) is 3.52. The zero-order valence-electron chi connectivity index (χ0n) is 12.8. The molecule has 2 heterocycles. The van der Waals surface area contributed by atoms with Gasteiger partial charge in [0.15, 0.2) is 0 Å². The number of hydrogen-bond donors (Lipinski definition) is 1. The Morgan fingerprint density at radius 3 is 2.79 bits per heavy atom. The number of nitrogens with one attached hydrogen (secondary N) is 1. The van der Waals surface area contributed by atoms with Crippen LogP contribution >= 0.6 is 0 Å². The van der Waals surface area contributed by atoms with Crippen LogP contribution in [0.15, 0.2) is 67.1 Å². The van der Waals surface area contributed by atoms with Crippen molar-refractivity contribution < 1.29 is 4.79 Å². The third-order valence-electron chi connectivity index (χ3n) is 3.52. The van der Waals surface area contributed by atoms with E-state index in [-0.39, 0.29) is 5.91 Å². The first-order valence-electron chi connectivity index (χ1n) is 7.40. The summed E-state index contributed by atoms with van der Waals surface area (Å²) in [6, 6.07) is 16.2. The van der Waals surface area contributed by atoms with Crippen LogP contribution in [0.1, 0.15) is 21.5 Å². The van der Waals surface area contributed by atoms with Gasteiger partial charge in [-0.1, -0.05) is 12.1 Å². The molecule has 0 atom stereocenters. The van der Waals surface area contributed by atoms with E-state index in [0.29, 0.717) is 17.7 Å². The predicted octanol–water partition coefficient (Wildman–Crippen LogP) is 2.95. The molecule has 24 heavy (non-hydrogen) atoms. The summed E-state index contributed by atoms with van der Waals surface area (Å²) in [5.41, 5.74) is 3.50. The summed E-state index contributed by atoms with van der Waals surface area (Å²) in [5, 5.41) is 11.8. The van der Waals surface area contributed by atoms with Gasteiger partial charge in [0, 0.05) is 36.3 Å². The molecule has 116 valence electrons. The molecule has 5 nitrogen and oxygen atoms in total. The van der Waals surface area contributed by atoms with Gasteiger partial charge in [-0.2, -0.15) is 5.26 Å². The summed E-state index contributed by atoms with van der Waals surface area (Å²) < 4.78 is 0. The Balaban J connectivity index is 1.78. The van der Waals surface area contributed by atoms with E-state index >= 15 is 0 Å². The van der Waals surface area contributed by atoms with Gasteiger partial charge >= 0.3 is 0 Å². The van der Waals surface area contributed by atoms with Crippen LogP contribution in [0.5, 0.6) is 0 Å². The highest BCUT2D eigenvalue weighted by Gasteiger charge is 2.10. The third kappa shape index (κ3) is 3.45. The van der Waals surface area contributed by atoms with Gasteiger partial charge in [-0.3, -0.25) is 14.8 Å². The van der Waals surface area contributed by atoms with E-state index in [2.05, 4.69) is 15.3 Å². The van der Waals surface area contributed by atoms with Crippen LogP contribution in [0.25, 0.3) is 11.3 Å². The molecule has 2 aromatic heterocycles. The number of benzene rings is 1. The van der Waals surface area contributed by atoms with Crippen LogP contribution in [-0.4, -0.2) is 15.9 Å². The summed E-state index contributed by atoms with van der Waals surface area (Å²) in [5.74, 6) is -0.229. The number of rotatable bonds is 4. The number of carbonyl (C=O) groups excluding carboxylic acids is 1. The van der Waals surface area contributed by atoms with Gasteiger partial charge in [-0.15, -0.1) is 0 Å². The largest absolute Gasteiger partial charge is 0.348 e. The maximum Gasteiger partial charge on any atom is 0.251 e. The van der Waals surface area contributed by atoms with Crippen molar-refractivity contribution in [3.63, 3.8) is 0 Å². The van der Waals surface area contributed by atoms with Crippen LogP contribution in [0.2, 0.25) is 0 Å². The highest BCUT2D eigenvalue weighted by molar-refractivity contribution is 5.94. The van der Waals surface area contributed by atoms with Crippen LogP contribution in [0.4, 0.5) is 0 Å². The first kappa shape index (κ1) is 15.4. The van der Waals surface area contributed by atoms with Gasteiger partial charge in [0.2, 0.25) is 0 Å². The van der Waals surface area contributed by atoms with Crippen LogP contribution in [0.3, 0.4) is 0 Å². The Labute approximate surface area is 139 Å². The van der Waals surface area contributed by atoms with Crippen molar-refractivity contribution in [3.05, 3.63) is 83.8 Å². The Bertz CT molecular complexity index is 900. The van der Waals surface area contributed by atoms with Crippen LogP contribution < -0.4 is 5.32 Å². The molecular weight excluding hydrogens is 300 g/mol. The fourth-order valence-electron chi connectivity index (χ4n) is 2.35. The molecule has 0 aliphatic rings. The molecular formula is C19H14N4O. The summed E-state index contributed by atoms with van der Waals surface area (Å²) in [4.78, 5) is 20.8. The Kier molecular flexibility index (Phi) is 4.59. The lowest BCUT2D eigenvalue weighted by Gasteiger charge is -2.10. The van der Waals surface area contributed by atoms with Gasteiger partial charge in [0.05, 0.1) is 17.3 Å². The minimum Gasteiger partial charge on any atom is -0.348 e. The van der Waals surface area contributed by atoms with Crippen molar-refractivity contribution in [1.29, 1.82) is 5.26 Å². The molecule has 5 heteroatoms. The first-order valence-corrected chi connectivity index (χ1v) is 7.40. The fraction of sp³-hybridized carbons (Fsp3) is 0.0526. The van der Waals surface area contributed by atoms with Crippen LogP contribution in [0, 0.1) is 11.3 Å². The lowest BCUT2D eigenvalue weighted by molar-refractivity contribution is 0.0951. The number of pyridine rings is 2. The predicted molar refractivity (Wildman–Crippen MR) is 89.8 cm³/mol. The standard InChI is InChI=1S/C19H14N4O/c20-11-14-4-1-5-15(10-14)19(24)23-13-17-7-3-9-22-18(17)16-6-2-8-21-12-16/h1-10,12H,13H2,(H,23,24). The lowest BCUT2D eigenvalue weighted by Crippen LogP contribution is -2.23. The number of aromatic nitrogens is 2. The summed E-state index contributed by atoms with van der Waals surface area (Å²) in [6.45, 7) is 0.341. The van der Waals surface area contributed by atoms with Crippen LogP contribution in [-0.2, 0) is 6.54 Å². The van der Waals surface area contributed by atoms with Gasteiger partial charge in [0.1, 0.15) is 0 Å². The molecule has 0 radical (unpaired) electrons. The molecule has 0 fully saturated rings. The van der Waals surface area contributed by atoms with E-state index in [4.69, 9.17) is 5.26 Å². The highest BCUT2D eigenvalue weighted by atomic mass is 16.1. The number of nitriles is 1. The van der Waals surface area contributed by atoms with E-state index in [9.17, 15) is 4.79 Å². The molecule has 1 N–H and O–H groups in total. The summed E-state index contributed by atoms with van der Waals surface area (Å²) in [7, 11) is 0. The van der Waals surface area contributed by atoms with Crippen molar-refractivity contribution in [2.45, 2.75) is 6.54 Å². The van der Waals surface area contributed by atoms with Gasteiger partial charge in [0.25, 0.3) is 5.91 Å². The second-order valence-electron chi connectivity index (χ2n) is 5.13. The highest BCUT2D eigenvalue weighted by Crippen LogP contribution is 2.19. The number of amides is 1. The molecule has 1 aromatic carbocycles. The van der Waals surface area contributed by atoms with Crippen molar-refractivity contribution in [2.24, 2.45) is 0 Å². The molecule has 0 aliphatic carbocycles. The van der Waals surface area contributed by atoms with E-state index in [1.165, 1.54) is 0 Å². The molecule has 3 aromatic rings. The zero-order chi connectivity index (χ0) is 16.8. The molecule has 3 rings (SSSR count). The van der Waals surface area contributed by atoms with Crippen molar-refractivity contribution >= 4 is 5.91 Å². The quantitative estimate of drug-likeness (QED) is 0.803. The smallest absolute Gasteiger partial charge is 0.251 e. The fourth-order valence-corrected chi connectivity index (χ4v) is 2.35. The van der Waals surface area contributed by atoms with E-state index in [0.717, 1.165) is 16.8 Å². The Morgan fingerprint density at radius 2 is 2.00 bits per heavy atom.